The minimum atomic E-state index is -1.57. The van der Waals surface area contributed by atoms with Gasteiger partial charge in [-0.05, 0) is 62.9 Å². The first-order chi connectivity index (χ1) is 16.5. The molecule has 1 unspecified atom stereocenters. The van der Waals surface area contributed by atoms with E-state index in [4.69, 9.17) is 14.6 Å². The standard InChI is InChI=1S/C27H33N3O4/c1-3-27(2,26(31)32)33-18-20-17-25(19-8-6-9-22(16-19)34-21-12-13-21)30(28-20)24-11-5-4-10-23(24)29-14-7-15-29/h4-6,8-11,16-17,21,26,31-32H,3,7,12-15,18H2,1-2H3. The molecule has 1 saturated heterocycles. The Kier molecular flexibility index (Phi) is 6.34. The fourth-order valence-corrected chi connectivity index (χ4v) is 4.06. The maximum atomic E-state index is 9.79. The predicted molar refractivity (Wildman–Crippen MR) is 131 cm³/mol. The van der Waals surface area contributed by atoms with E-state index in [-0.39, 0.29) is 6.61 Å². The van der Waals surface area contributed by atoms with Crippen molar-refractivity contribution < 1.29 is 19.7 Å². The molecule has 1 aromatic heterocycles. The lowest BCUT2D eigenvalue weighted by Gasteiger charge is -2.34. The number of aliphatic hydroxyl groups excluding tert-OH is 1. The molecule has 180 valence electrons. The largest absolute Gasteiger partial charge is 0.490 e. The first kappa shape index (κ1) is 22.9. The van der Waals surface area contributed by atoms with Crippen molar-refractivity contribution in [2.75, 3.05) is 18.0 Å². The zero-order chi connectivity index (χ0) is 23.7. The van der Waals surface area contributed by atoms with E-state index in [1.807, 2.05) is 35.9 Å². The Morgan fingerprint density at radius 1 is 1.06 bits per heavy atom. The zero-order valence-electron chi connectivity index (χ0n) is 19.9. The number of nitrogens with zero attached hydrogens (tertiary/aromatic N) is 3. The van der Waals surface area contributed by atoms with Crippen LogP contribution in [0.5, 0.6) is 5.75 Å². The lowest BCUT2D eigenvalue weighted by molar-refractivity contribution is -0.207. The Balaban J connectivity index is 1.53. The predicted octanol–water partition coefficient (Wildman–Crippen LogP) is 4.29. The highest BCUT2D eigenvalue weighted by atomic mass is 16.6. The van der Waals surface area contributed by atoms with Crippen molar-refractivity contribution in [3.8, 4) is 22.7 Å². The van der Waals surface area contributed by atoms with Gasteiger partial charge in [0, 0.05) is 18.7 Å². The molecule has 2 aliphatic rings. The SMILES string of the molecule is CCC(C)(OCc1cc(-c2cccc(OC3CC3)c2)n(-c2ccccc2N2CCC2)n1)C(O)O. The van der Waals surface area contributed by atoms with Crippen molar-refractivity contribution in [2.45, 2.75) is 64.1 Å². The van der Waals surface area contributed by atoms with E-state index in [9.17, 15) is 10.2 Å². The van der Waals surface area contributed by atoms with E-state index in [2.05, 4.69) is 35.2 Å². The molecule has 5 rings (SSSR count). The molecule has 34 heavy (non-hydrogen) atoms. The van der Waals surface area contributed by atoms with Crippen LogP contribution in [0, 0.1) is 0 Å². The summed E-state index contributed by atoms with van der Waals surface area (Å²) >= 11 is 0. The maximum absolute atomic E-state index is 9.79. The molecule has 0 bridgehead atoms. The number of anilines is 1. The average molecular weight is 464 g/mol. The molecule has 1 atom stereocenters. The molecule has 0 radical (unpaired) electrons. The second-order valence-electron chi connectivity index (χ2n) is 9.44. The summed E-state index contributed by atoms with van der Waals surface area (Å²) in [5.74, 6) is 0.864. The highest BCUT2D eigenvalue weighted by Crippen LogP contribution is 2.35. The summed E-state index contributed by atoms with van der Waals surface area (Å²) in [5, 5.41) is 24.5. The first-order valence-corrected chi connectivity index (χ1v) is 12.2. The van der Waals surface area contributed by atoms with Crippen molar-refractivity contribution in [1.82, 2.24) is 9.78 Å². The minimum absolute atomic E-state index is 0.173. The van der Waals surface area contributed by atoms with Crippen molar-refractivity contribution in [2.24, 2.45) is 0 Å². The van der Waals surface area contributed by atoms with Gasteiger partial charge in [-0.25, -0.2) is 4.68 Å². The second kappa shape index (κ2) is 9.41. The smallest absolute Gasteiger partial charge is 0.181 e. The molecule has 7 heteroatoms. The Bertz CT molecular complexity index is 1140. The molecule has 0 amide bonds. The van der Waals surface area contributed by atoms with Crippen LogP contribution in [0.25, 0.3) is 16.9 Å². The van der Waals surface area contributed by atoms with Gasteiger partial charge in [-0.1, -0.05) is 31.2 Å². The third kappa shape index (κ3) is 4.69. The zero-order valence-corrected chi connectivity index (χ0v) is 19.9. The topological polar surface area (TPSA) is 80.0 Å². The number of hydrogen-bond donors (Lipinski definition) is 2. The normalized spacial score (nSPS) is 17.5. The van der Waals surface area contributed by atoms with Gasteiger partial charge in [-0.15, -0.1) is 0 Å². The van der Waals surface area contributed by atoms with Crippen LogP contribution >= 0.6 is 0 Å². The van der Waals surface area contributed by atoms with Gasteiger partial charge in [0.05, 0.1) is 35.5 Å². The average Bonchev–Trinajstić information content (AvgIpc) is 3.52. The number of aliphatic hydroxyl groups is 2. The number of hydrogen-bond acceptors (Lipinski definition) is 6. The molecule has 7 nitrogen and oxygen atoms in total. The second-order valence-corrected chi connectivity index (χ2v) is 9.44. The van der Waals surface area contributed by atoms with Crippen LogP contribution in [0.1, 0.15) is 45.2 Å². The summed E-state index contributed by atoms with van der Waals surface area (Å²) in [4.78, 5) is 2.36. The Hall–Kier alpha value is -2.87. The number of benzene rings is 2. The molecule has 2 aromatic carbocycles. The third-order valence-electron chi connectivity index (χ3n) is 6.82. The minimum Gasteiger partial charge on any atom is -0.490 e. The van der Waals surface area contributed by atoms with Crippen molar-refractivity contribution >= 4 is 5.69 Å². The van der Waals surface area contributed by atoms with E-state index >= 15 is 0 Å². The van der Waals surface area contributed by atoms with Gasteiger partial charge in [0.2, 0.25) is 0 Å². The van der Waals surface area contributed by atoms with Gasteiger partial charge >= 0.3 is 0 Å². The Morgan fingerprint density at radius 3 is 2.47 bits per heavy atom. The van der Waals surface area contributed by atoms with E-state index < -0.39 is 11.9 Å². The van der Waals surface area contributed by atoms with Crippen LogP contribution in [0.3, 0.4) is 0 Å². The maximum Gasteiger partial charge on any atom is 0.181 e. The molecule has 2 heterocycles. The van der Waals surface area contributed by atoms with Crippen LogP contribution in [-0.2, 0) is 11.3 Å². The van der Waals surface area contributed by atoms with Crippen molar-refractivity contribution in [3.05, 3.63) is 60.3 Å². The van der Waals surface area contributed by atoms with Gasteiger partial charge in [-0.2, -0.15) is 5.10 Å². The number of ether oxygens (including phenoxy) is 2. The van der Waals surface area contributed by atoms with Crippen LogP contribution in [-0.4, -0.2) is 51.1 Å². The summed E-state index contributed by atoms with van der Waals surface area (Å²) in [6.45, 7) is 5.83. The van der Waals surface area contributed by atoms with E-state index in [0.717, 1.165) is 60.0 Å². The first-order valence-electron chi connectivity index (χ1n) is 12.2. The lowest BCUT2D eigenvalue weighted by atomic mass is 10.0. The van der Waals surface area contributed by atoms with Crippen LogP contribution < -0.4 is 9.64 Å². The van der Waals surface area contributed by atoms with Gasteiger partial charge in [0.25, 0.3) is 0 Å². The summed E-state index contributed by atoms with van der Waals surface area (Å²) in [6, 6.07) is 18.5. The molecular formula is C27H33N3O4. The molecular weight excluding hydrogens is 430 g/mol. The Morgan fingerprint density at radius 2 is 1.82 bits per heavy atom. The highest BCUT2D eigenvalue weighted by molar-refractivity contribution is 5.70. The van der Waals surface area contributed by atoms with Crippen molar-refractivity contribution in [3.63, 3.8) is 0 Å². The van der Waals surface area contributed by atoms with E-state index in [1.165, 1.54) is 6.42 Å². The fourth-order valence-electron chi connectivity index (χ4n) is 4.06. The monoisotopic (exact) mass is 463 g/mol. The van der Waals surface area contributed by atoms with Gasteiger partial charge < -0.3 is 24.6 Å². The van der Waals surface area contributed by atoms with Gasteiger partial charge in [0.1, 0.15) is 11.4 Å². The van der Waals surface area contributed by atoms with E-state index in [1.54, 1.807) is 6.92 Å². The van der Waals surface area contributed by atoms with Crippen LogP contribution in [0.2, 0.25) is 0 Å². The molecule has 2 fully saturated rings. The van der Waals surface area contributed by atoms with E-state index in [0.29, 0.717) is 12.5 Å². The molecule has 1 saturated carbocycles. The highest BCUT2D eigenvalue weighted by Gasteiger charge is 2.31. The molecule has 1 aliphatic heterocycles. The summed E-state index contributed by atoms with van der Waals surface area (Å²) in [7, 11) is 0. The van der Waals surface area contributed by atoms with Crippen LogP contribution in [0.15, 0.2) is 54.6 Å². The molecule has 3 aromatic rings. The summed E-state index contributed by atoms with van der Waals surface area (Å²) in [6.07, 6.45) is 2.64. The molecule has 2 N–H and O–H groups in total. The lowest BCUT2D eigenvalue weighted by Crippen LogP contribution is -2.41. The number of para-hydroxylation sites is 2. The summed E-state index contributed by atoms with van der Waals surface area (Å²) < 4.78 is 14.0. The number of rotatable bonds is 10. The molecule has 0 spiro atoms. The van der Waals surface area contributed by atoms with Crippen molar-refractivity contribution in [1.29, 1.82) is 0 Å². The fraction of sp³-hybridized carbons (Fsp3) is 0.444. The Labute approximate surface area is 200 Å². The third-order valence-corrected chi connectivity index (χ3v) is 6.82. The number of aromatic nitrogens is 2. The summed E-state index contributed by atoms with van der Waals surface area (Å²) in [5.41, 5.74) is 3.78. The van der Waals surface area contributed by atoms with Crippen LogP contribution in [0.4, 0.5) is 5.69 Å². The van der Waals surface area contributed by atoms with Gasteiger partial charge in [-0.3, -0.25) is 0 Å². The quantitative estimate of drug-likeness (QED) is 0.437. The molecule has 1 aliphatic carbocycles. The van der Waals surface area contributed by atoms with Gasteiger partial charge in [0.15, 0.2) is 6.29 Å².